The van der Waals surface area contributed by atoms with E-state index in [-0.39, 0.29) is 23.7 Å². The monoisotopic (exact) mass is 552 g/mol. The number of carbonyl (C=O) groups is 1. The molecule has 4 heterocycles. The number of ether oxygens (including phenoxy) is 2. The number of methoxy groups -OCH3 is 1. The molecule has 2 saturated heterocycles. The molecule has 6 rings (SSSR count). The van der Waals surface area contributed by atoms with Gasteiger partial charge in [0.25, 0.3) is 5.91 Å². The van der Waals surface area contributed by atoms with E-state index in [1.807, 2.05) is 17.0 Å². The van der Waals surface area contributed by atoms with E-state index in [0.717, 1.165) is 12.0 Å². The standard InChI is InChI=1S/C28H29FN4O5S/c1-3-28-15-33(13-19(28)14-39(35)16-28)27(34)18-6-4-17(5-7-18)22-11-25(38-32-22)26-20-10-21(29)24(37-9-8-36-2)12-23(20)30-31-26/h4-7,10-12,19H,3,8-9,13-16H2,1-2H3,(H,30,31)/t19-,28?,39?/m0/s1. The summed E-state index contributed by atoms with van der Waals surface area (Å²) in [5, 5.41) is 11.9. The second-order valence-corrected chi connectivity index (χ2v) is 11.7. The number of likely N-dealkylation sites (tertiary alicyclic amines) is 1. The summed E-state index contributed by atoms with van der Waals surface area (Å²) in [4.78, 5) is 15.1. The molecule has 3 atom stereocenters. The van der Waals surface area contributed by atoms with Crippen LogP contribution in [0.25, 0.3) is 33.6 Å². The number of nitrogens with zero attached hydrogens (tertiary/aromatic N) is 3. The molecule has 2 unspecified atom stereocenters. The molecular weight excluding hydrogens is 523 g/mol. The number of aromatic amines is 1. The van der Waals surface area contributed by atoms with Crippen LogP contribution in [0.5, 0.6) is 5.75 Å². The van der Waals surface area contributed by atoms with Crippen molar-refractivity contribution in [1.82, 2.24) is 20.3 Å². The molecule has 0 saturated carbocycles. The van der Waals surface area contributed by atoms with E-state index in [9.17, 15) is 13.7 Å². The number of amides is 1. The molecule has 39 heavy (non-hydrogen) atoms. The minimum absolute atomic E-state index is 0.00835. The lowest BCUT2D eigenvalue weighted by atomic mass is 9.79. The first-order valence-electron chi connectivity index (χ1n) is 12.9. The fraction of sp³-hybridized carbons (Fsp3) is 0.393. The van der Waals surface area contributed by atoms with E-state index in [0.29, 0.717) is 70.7 Å². The Morgan fingerprint density at radius 2 is 2.10 bits per heavy atom. The summed E-state index contributed by atoms with van der Waals surface area (Å²) in [6.07, 6.45) is 0.932. The first-order chi connectivity index (χ1) is 18.9. The Hall–Kier alpha value is -3.41. The number of nitrogens with one attached hydrogen (secondary N) is 1. The maximum atomic E-state index is 14.6. The molecule has 2 aliphatic heterocycles. The minimum atomic E-state index is -0.778. The van der Waals surface area contributed by atoms with E-state index in [4.69, 9.17) is 14.0 Å². The number of fused-ring (bicyclic) bond motifs is 2. The third-order valence-corrected chi connectivity index (χ3v) is 9.64. The predicted octanol–water partition coefficient (Wildman–Crippen LogP) is 4.28. The zero-order chi connectivity index (χ0) is 27.1. The lowest BCUT2D eigenvalue weighted by Gasteiger charge is -2.24. The van der Waals surface area contributed by atoms with Crippen molar-refractivity contribution in [3.63, 3.8) is 0 Å². The molecule has 4 aromatic rings. The molecular formula is C28H29FN4O5S. The molecule has 11 heteroatoms. The van der Waals surface area contributed by atoms with Gasteiger partial charge in [-0.1, -0.05) is 35.4 Å². The van der Waals surface area contributed by atoms with Crippen molar-refractivity contribution in [2.45, 2.75) is 13.3 Å². The van der Waals surface area contributed by atoms with Crippen LogP contribution in [0.15, 0.2) is 47.0 Å². The maximum Gasteiger partial charge on any atom is 0.253 e. The Bertz CT molecular complexity index is 1510. The van der Waals surface area contributed by atoms with Crippen molar-refractivity contribution in [1.29, 1.82) is 0 Å². The maximum absolute atomic E-state index is 14.6. The third-order valence-electron chi connectivity index (χ3n) is 7.97. The number of hydrogen-bond donors (Lipinski definition) is 1. The molecule has 204 valence electrons. The largest absolute Gasteiger partial charge is 0.616 e. The minimum Gasteiger partial charge on any atom is -0.616 e. The van der Waals surface area contributed by atoms with Crippen LogP contribution in [0.3, 0.4) is 0 Å². The quantitative estimate of drug-likeness (QED) is 0.256. The summed E-state index contributed by atoms with van der Waals surface area (Å²) in [6.45, 7) is 4.03. The Balaban J connectivity index is 1.18. The molecule has 1 N–H and O–H groups in total. The zero-order valence-electron chi connectivity index (χ0n) is 21.7. The van der Waals surface area contributed by atoms with Crippen LogP contribution in [0.1, 0.15) is 23.7 Å². The molecule has 0 bridgehead atoms. The SMILES string of the molecule is CCC12CN(C(=O)c3ccc(-c4cc(-c5n[nH]c6cc(OCCOC)c(F)cc56)on4)cc3)C[C@H]1C[S+]([O-])C2. The topological polar surface area (TPSA) is 117 Å². The normalized spacial score (nSPS) is 22.5. The smallest absolute Gasteiger partial charge is 0.253 e. The third kappa shape index (κ3) is 4.68. The van der Waals surface area contributed by atoms with Gasteiger partial charge in [-0.3, -0.25) is 9.89 Å². The molecule has 2 fully saturated rings. The summed E-state index contributed by atoms with van der Waals surface area (Å²) in [5.41, 5.74) is 2.97. The van der Waals surface area contributed by atoms with Crippen molar-refractivity contribution in [3.05, 3.63) is 53.8 Å². The number of aromatic nitrogens is 3. The number of H-pyrrole nitrogens is 1. The van der Waals surface area contributed by atoms with Gasteiger partial charge in [0.1, 0.15) is 29.5 Å². The highest BCUT2D eigenvalue weighted by Gasteiger charge is 2.55. The first-order valence-corrected chi connectivity index (χ1v) is 14.4. The highest BCUT2D eigenvalue weighted by molar-refractivity contribution is 7.91. The van der Waals surface area contributed by atoms with Crippen LogP contribution in [-0.2, 0) is 15.9 Å². The Kier molecular flexibility index (Phi) is 6.82. The molecule has 0 aliphatic carbocycles. The second-order valence-electron chi connectivity index (χ2n) is 10.2. The molecule has 2 aromatic heterocycles. The van der Waals surface area contributed by atoms with Crippen LogP contribution in [-0.4, -0.2) is 75.6 Å². The van der Waals surface area contributed by atoms with Gasteiger partial charge in [0.15, 0.2) is 17.3 Å². The first kappa shape index (κ1) is 25.8. The summed E-state index contributed by atoms with van der Waals surface area (Å²) in [6, 6.07) is 11.9. The number of halogens is 1. The van der Waals surface area contributed by atoms with E-state index >= 15 is 0 Å². The molecule has 1 amide bonds. The van der Waals surface area contributed by atoms with Crippen LogP contribution in [0, 0.1) is 17.2 Å². The summed E-state index contributed by atoms with van der Waals surface area (Å²) in [5.74, 6) is 1.65. The number of benzene rings is 2. The van der Waals surface area contributed by atoms with Crippen molar-refractivity contribution < 1.29 is 27.7 Å². The predicted molar refractivity (Wildman–Crippen MR) is 144 cm³/mol. The molecule has 2 aliphatic rings. The molecule has 2 aromatic carbocycles. The van der Waals surface area contributed by atoms with Gasteiger partial charge in [0.05, 0.1) is 12.1 Å². The van der Waals surface area contributed by atoms with Crippen LogP contribution in [0.2, 0.25) is 0 Å². The van der Waals surface area contributed by atoms with Gasteiger partial charge in [0.2, 0.25) is 0 Å². The van der Waals surface area contributed by atoms with Crippen LogP contribution in [0.4, 0.5) is 4.39 Å². The van der Waals surface area contributed by atoms with Crippen molar-refractivity contribution in [2.75, 3.05) is 44.9 Å². The van der Waals surface area contributed by atoms with E-state index < -0.39 is 17.0 Å². The van der Waals surface area contributed by atoms with Crippen LogP contribution >= 0.6 is 0 Å². The lowest BCUT2D eigenvalue weighted by molar-refractivity contribution is 0.0774. The number of rotatable bonds is 8. The Morgan fingerprint density at radius 1 is 1.28 bits per heavy atom. The lowest BCUT2D eigenvalue weighted by Crippen LogP contribution is -2.34. The van der Waals surface area contributed by atoms with Crippen molar-refractivity contribution >= 4 is 28.0 Å². The fourth-order valence-corrected chi connectivity index (χ4v) is 7.93. The van der Waals surface area contributed by atoms with Gasteiger partial charge in [-0.2, -0.15) is 5.10 Å². The summed E-state index contributed by atoms with van der Waals surface area (Å²) >= 11 is -0.778. The summed E-state index contributed by atoms with van der Waals surface area (Å²) < 4.78 is 42.7. The van der Waals surface area contributed by atoms with Gasteiger partial charge in [-0.15, -0.1) is 0 Å². The highest BCUT2D eigenvalue weighted by atomic mass is 32.2. The van der Waals surface area contributed by atoms with E-state index in [1.165, 1.54) is 6.07 Å². The number of carbonyl (C=O) groups excluding carboxylic acids is 1. The average Bonchev–Trinajstić information content (AvgIpc) is 3.70. The molecule has 0 radical (unpaired) electrons. The van der Waals surface area contributed by atoms with Gasteiger partial charge in [0, 0.05) is 60.2 Å². The molecule has 9 nitrogen and oxygen atoms in total. The van der Waals surface area contributed by atoms with E-state index in [1.54, 1.807) is 31.4 Å². The Morgan fingerprint density at radius 3 is 2.85 bits per heavy atom. The van der Waals surface area contributed by atoms with Gasteiger partial charge >= 0.3 is 0 Å². The number of hydrogen-bond acceptors (Lipinski definition) is 7. The van der Waals surface area contributed by atoms with Gasteiger partial charge in [-0.25, -0.2) is 4.39 Å². The average molecular weight is 553 g/mol. The van der Waals surface area contributed by atoms with Crippen molar-refractivity contribution in [2.24, 2.45) is 11.3 Å². The Labute approximate surface area is 227 Å². The molecule has 0 spiro atoms. The fourth-order valence-electron chi connectivity index (χ4n) is 5.73. The van der Waals surface area contributed by atoms with Gasteiger partial charge in [-0.05, 0) is 24.6 Å². The summed E-state index contributed by atoms with van der Waals surface area (Å²) in [7, 11) is 1.55. The van der Waals surface area contributed by atoms with Crippen LogP contribution < -0.4 is 4.74 Å². The van der Waals surface area contributed by atoms with E-state index in [2.05, 4.69) is 22.3 Å². The van der Waals surface area contributed by atoms with Gasteiger partial charge < -0.3 is 23.4 Å². The zero-order valence-corrected chi connectivity index (χ0v) is 22.6. The van der Waals surface area contributed by atoms with Crippen molar-refractivity contribution in [3.8, 4) is 28.5 Å². The second kappa shape index (κ2) is 10.3. The highest BCUT2D eigenvalue weighted by Crippen LogP contribution is 2.46.